The molecule has 0 amide bonds. The zero-order valence-electron chi connectivity index (χ0n) is 10.1. The fourth-order valence-corrected chi connectivity index (χ4v) is 2.53. The zero-order valence-corrected chi connectivity index (χ0v) is 10.1. The monoisotopic (exact) mass is 243 g/mol. The molecular formula is C12H21NO4. The van der Waals surface area contributed by atoms with E-state index in [1.54, 1.807) is 0 Å². The van der Waals surface area contributed by atoms with Crippen molar-refractivity contribution in [2.75, 3.05) is 32.9 Å². The first-order valence-electron chi connectivity index (χ1n) is 6.41. The van der Waals surface area contributed by atoms with E-state index < -0.39 is 5.97 Å². The molecule has 0 aliphatic carbocycles. The number of aliphatic carboxylic acids is 1. The minimum Gasteiger partial charge on any atom is -0.481 e. The lowest BCUT2D eigenvalue weighted by molar-refractivity contribution is -0.138. The van der Waals surface area contributed by atoms with Crippen LogP contribution in [0.4, 0.5) is 0 Å². The molecule has 98 valence electrons. The summed E-state index contributed by atoms with van der Waals surface area (Å²) in [6, 6.07) is 0.593. The van der Waals surface area contributed by atoms with Crippen LogP contribution >= 0.6 is 0 Å². The maximum Gasteiger partial charge on any atom is 0.305 e. The number of likely N-dealkylation sites (tertiary alicyclic amines) is 1. The van der Waals surface area contributed by atoms with Gasteiger partial charge in [0.2, 0.25) is 0 Å². The van der Waals surface area contributed by atoms with Gasteiger partial charge < -0.3 is 14.6 Å². The van der Waals surface area contributed by atoms with E-state index in [0.717, 1.165) is 45.6 Å². The van der Waals surface area contributed by atoms with Crippen LogP contribution in [0, 0.1) is 0 Å². The van der Waals surface area contributed by atoms with Crippen molar-refractivity contribution in [2.45, 2.75) is 37.8 Å². The molecule has 5 nitrogen and oxygen atoms in total. The molecule has 17 heavy (non-hydrogen) atoms. The van der Waals surface area contributed by atoms with Gasteiger partial charge in [0, 0.05) is 25.7 Å². The van der Waals surface area contributed by atoms with Crippen LogP contribution in [0.15, 0.2) is 0 Å². The Hall–Kier alpha value is -0.650. The lowest BCUT2D eigenvalue weighted by Crippen LogP contribution is -2.43. The minimum absolute atomic E-state index is 0.108. The molecule has 0 aromatic carbocycles. The normalized spacial score (nSPS) is 27.4. The fourth-order valence-electron chi connectivity index (χ4n) is 2.53. The molecule has 0 spiro atoms. The van der Waals surface area contributed by atoms with E-state index >= 15 is 0 Å². The van der Waals surface area contributed by atoms with Crippen LogP contribution in [0.5, 0.6) is 0 Å². The molecule has 2 aliphatic rings. The van der Waals surface area contributed by atoms with Gasteiger partial charge in [-0.25, -0.2) is 0 Å². The summed E-state index contributed by atoms with van der Waals surface area (Å²) >= 11 is 0. The van der Waals surface area contributed by atoms with Gasteiger partial charge in [0.15, 0.2) is 0 Å². The molecule has 2 saturated heterocycles. The molecule has 0 aromatic rings. The highest BCUT2D eigenvalue weighted by Crippen LogP contribution is 2.20. The first-order valence-corrected chi connectivity index (χ1v) is 6.41. The van der Waals surface area contributed by atoms with Gasteiger partial charge in [0.05, 0.1) is 25.7 Å². The first-order chi connectivity index (χ1) is 8.25. The number of ether oxygens (including phenoxy) is 2. The van der Waals surface area contributed by atoms with Crippen LogP contribution < -0.4 is 0 Å². The number of rotatable bonds is 5. The summed E-state index contributed by atoms with van der Waals surface area (Å²) in [5, 5.41) is 8.53. The fraction of sp³-hybridized carbons (Fsp3) is 0.917. The van der Waals surface area contributed by atoms with Crippen LogP contribution in [0.25, 0.3) is 0 Å². The van der Waals surface area contributed by atoms with Crippen molar-refractivity contribution in [1.82, 2.24) is 4.90 Å². The second-order valence-corrected chi connectivity index (χ2v) is 4.77. The molecule has 2 rings (SSSR count). The van der Waals surface area contributed by atoms with E-state index in [9.17, 15) is 4.79 Å². The molecule has 1 atom stereocenters. The molecule has 5 heteroatoms. The van der Waals surface area contributed by atoms with Gasteiger partial charge in [-0.3, -0.25) is 9.69 Å². The number of hydrogen-bond acceptors (Lipinski definition) is 4. The molecule has 0 bridgehead atoms. The predicted molar refractivity (Wildman–Crippen MR) is 62.0 cm³/mol. The highest BCUT2D eigenvalue weighted by atomic mass is 16.5. The average molecular weight is 243 g/mol. The largest absolute Gasteiger partial charge is 0.481 e. The van der Waals surface area contributed by atoms with E-state index in [4.69, 9.17) is 14.6 Å². The quantitative estimate of drug-likeness (QED) is 0.771. The van der Waals surface area contributed by atoms with Gasteiger partial charge in [-0.15, -0.1) is 0 Å². The van der Waals surface area contributed by atoms with E-state index in [2.05, 4.69) is 4.90 Å². The average Bonchev–Trinajstić information content (AvgIpc) is 2.83. The van der Waals surface area contributed by atoms with E-state index in [-0.39, 0.29) is 12.5 Å². The Labute approximate surface area is 102 Å². The van der Waals surface area contributed by atoms with Gasteiger partial charge >= 0.3 is 5.97 Å². The number of hydrogen-bond donors (Lipinski definition) is 1. The summed E-state index contributed by atoms with van der Waals surface area (Å²) in [6.45, 7) is 4.19. The van der Waals surface area contributed by atoms with E-state index in [1.807, 2.05) is 0 Å². The number of nitrogens with zero attached hydrogens (tertiary/aromatic N) is 1. The topological polar surface area (TPSA) is 59.0 Å². The Balaban J connectivity index is 1.62. The molecule has 0 radical (unpaired) electrons. The Bertz CT molecular complexity index is 245. The van der Waals surface area contributed by atoms with Crippen LogP contribution in [0.1, 0.15) is 25.7 Å². The Morgan fingerprint density at radius 1 is 1.35 bits per heavy atom. The summed E-state index contributed by atoms with van der Waals surface area (Å²) < 4.78 is 11.0. The Morgan fingerprint density at radius 3 is 2.71 bits per heavy atom. The van der Waals surface area contributed by atoms with Crippen molar-refractivity contribution < 1.29 is 19.4 Å². The van der Waals surface area contributed by atoms with Gasteiger partial charge in [0.1, 0.15) is 0 Å². The second-order valence-electron chi connectivity index (χ2n) is 4.77. The second kappa shape index (κ2) is 6.33. The standard InChI is InChI=1S/C12H21NO4/c14-12(15)4-8-17-11-1-5-13(6-2-11)10-3-7-16-9-10/h10-11H,1-9H2,(H,14,15). The lowest BCUT2D eigenvalue weighted by Gasteiger charge is -2.35. The van der Waals surface area contributed by atoms with Crippen molar-refractivity contribution in [1.29, 1.82) is 0 Å². The number of piperidine rings is 1. The smallest absolute Gasteiger partial charge is 0.305 e. The van der Waals surface area contributed by atoms with Crippen LogP contribution in [-0.2, 0) is 14.3 Å². The molecule has 1 unspecified atom stereocenters. The molecule has 0 saturated carbocycles. The molecule has 2 fully saturated rings. The molecule has 1 N–H and O–H groups in total. The third kappa shape index (κ3) is 3.94. The van der Waals surface area contributed by atoms with Crippen LogP contribution in [0.2, 0.25) is 0 Å². The Morgan fingerprint density at radius 2 is 2.12 bits per heavy atom. The summed E-state index contributed by atoms with van der Waals surface area (Å²) in [5.41, 5.74) is 0. The number of carboxylic acids is 1. The summed E-state index contributed by atoms with van der Waals surface area (Å²) in [6.07, 6.45) is 3.51. The van der Waals surface area contributed by atoms with Gasteiger partial charge in [-0.05, 0) is 19.3 Å². The number of carbonyl (C=O) groups is 1. The number of carboxylic acid groups (broad SMARTS) is 1. The van der Waals surface area contributed by atoms with E-state index in [0.29, 0.717) is 12.6 Å². The summed E-state index contributed by atoms with van der Waals surface area (Å²) in [5.74, 6) is -0.787. The van der Waals surface area contributed by atoms with Crippen molar-refractivity contribution in [3.8, 4) is 0 Å². The third-order valence-corrected chi connectivity index (χ3v) is 3.57. The van der Waals surface area contributed by atoms with Crippen LogP contribution in [0.3, 0.4) is 0 Å². The molecule has 2 heterocycles. The van der Waals surface area contributed by atoms with Gasteiger partial charge in [-0.1, -0.05) is 0 Å². The van der Waals surface area contributed by atoms with Crippen molar-refractivity contribution >= 4 is 5.97 Å². The summed E-state index contributed by atoms with van der Waals surface area (Å²) in [7, 11) is 0. The van der Waals surface area contributed by atoms with Crippen molar-refractivity contribution in [3.05, 3.63) is 0 Å². The highest BCUT2D eigenvalue weighted by Gasteiger charge is 2.27. The maximum atomic E-state index is 10.4. The highest BCUT2D eigenvalue weighted by molar-refractivity contribution is 5.66. The zero-order chi connectivity index (χ0) is 12.1. The van der Waals surface area contributed by atoms with E-state index in [1.165, 1.54) is 0 Å². The first kappa shape index (κ1) is 12.8. The van der Waals surface area contributed by atoms with Gasteiger partial charge in [-0.2, -0.15) is 0 Å². The van der Waals surface area contributed by atoms with Crippen molar-refractivity contribution in [2.24, 2.45) is 0 Å². The predicted octanol–water partition coefficient (Wildman–Crippen LogP) is 0.731. The minimum atomic E-state index is -0.787. The van der Waals surface area contributed by atoms with Crippen molar-refractivity contribution in [3.63, 3.8) is 0 Å². The molecule has 0 aromatic heterocycles. The SMILES string of the molecule is O=C(O)CCOC1CCN(C2CCOC2)CC1. The third-order valence-electron chi connectivity index (χ3n) is 3.57. The summed E-state index contributed by atoms with van der Waals surface area (Å²) in [4.78, 5) is 12.8. The Kier molecular flexibility index (Phi) is 4.76. The molecule has 2 aliphatic heterocycles. The maximum absolute atomic E-state index is 10.4. The lowest BCUT2D eigenvalue weighted by atomic mass is 10.1. The molecular weight excluding hydrogens is 222 g/mol. The van der Waals surface area contributed by atoms with Gasteiger partial charge in [0.25, 0.3) is 0 Å². The van der Waals surface area contributed by atoms with Crippen LogP contribution in [-0.4, -0.2) is 61.0 Å².